The molecule has 0 atom stereocenters. The third-order valence-electron chi connectivity index (χ3n) is 5.24. The molecule has 2 heterocycles. The van der Waals surface area contributed by atoms with E-state index in [1.807, 2.05) is 12.1 Å². The average molecular weight is 464 g/mol. The summed E-state index contributed by atoms with van der Waals surface area (Å²) < 4.78 is 30.8. The topological polar surface area (TPSA) is 126 Å². The van der Waals surface area contributed by atoms with Crippen molar-refractivity contribution in [2.75, 3.05) is 10.6 Å². The smallest absolute Gasteiger partial charge is 0.339 e. The third kappa shape index (κ3) is 4.96. The monoisotopic (exact) mass is 463 g/mol. The summed E-state index contributed by atoms with van der Waals surface area (Å²) in [5.41, 5.74) is 3.00. The fourth-order valence-corrected chi connectivity index (χ4v) is 4.21. The minimum absolute atomic E-state index is 0.0408. The summed E-state index contributed by atoms with van der Waals surface area (Å²) in [5, 5.41) is 5.97. The molecule has 1 aliphatic rings. The maximum atomic E-state index is 12.7. The maximum Gasteiger partial charge on any atom is 0.339 e. The van der Waals surface area contributed by atoms with Crippen molar-refractivity contribution >= 4 is 38.7 Å². The van der Waals surface area contributed by atoms with Crippen LogP contribution in [0.15, 0.2) is 71.9 Å². The van der Waals surface area contributed by atoms with Gasteiger partial charge in [0.15, 0.2) is 0 Å². The number of pyridine rings is 1. The average Bonchev–Trinajstić information content (AvgIpc) is 3.59. The number of nitrogens with one attached hydrogen (secondary N) is 3. The SMILES string of the molecule is O=C(Nc1nc2ccc(OS(=O)(=O)c3ccc(NCc4ccncc4)cc3)cc2[nH]1)C1CC1. The molecule has 5 rings (SSSR count). The molecule has 1 amide bonds. The fourth-order valence-electron chi connectivity index (χ4n) is 3.28. The Morgan fingerprint density at radius 2 is 1.82 bits per heavy atom. The molecule has 1 saturated carbocycles. The highest BCUT2D eigenvalue weighted by molar-refractivity contribution is 7.87. The van der Waals surface area contributed by atoms with Crippen LogP contribution in [-0.2, 0) is 21.5 Å². The summed E-state index contributed by atoms with van der Waals surface area (Å²) in [5.74, 6) is 0.467. The number of anilines is 2. The first-order valence-corrected chi connectivity index (χ1v) is 11.8. The maximum absolute atomic E-state index is 12.7. The minimum atomic E-state index is -4.02. The Morgan fingerprint density at radius 1 is 1.06 bits per heavy atom. The molecular formula is C23H21N5O4S. The highest BCUT2D eigenvalue weighted by Crippen LogP contribution is 2.30. The van der Waals surface area contributed by atoms with Gasteiger partial charge in [0.2, 0.25) is 11.9 Å². The summed E-state index contributed by atoms with van der Waals surface area (Å²) >= 11 is 0. The summed E-state index contributed by atoms with van der Waals surface area (Å²) in [6.07, 6.45) is 5.22. The van der Waals surface area contributed by atoms with Crippen LogP contribution >= 0.6 is 0 Å². The second-order valence-electron chi connectivity index (χ2n) is 7.80. The number of rotatable bonds is 8. The molecule has 0 saturated heterocycles. The zero-order valence-electron chi connectivity index (χ0n) is 17.5. The van der Waals surface area contributed by atoms with E-state index in [2.05, 4.69) is 25.6 Å². The number of hydrogen-bond acceptors (Lipinski definition) is 7. The third-order valence-corrected chi connectivity index (χ3v) is 6.50. The molecule has 9 nitrogen and oxygen atoms in total. The van der Waals surface area contributed by atoms with Crippen LogP contribution in [0.25, 0.3) is 11.0 Å². The number of H-pyrrole nitrogens is 1. The van der Waals surface area contributed by atoms with Crippen LogP contribution < -0.4 is 14.8 Å². The van der Waals surface area contributed by atoms with Gasteiger partial charge in [-0.3, -0.25) is 15.1 Å². The van der Waals surface area contributed by atoms with Crippen LogP contribution in [0.2, 0.25) is 0 Å². The number of aromatic nitrogens is 3. The molecule has 0 radical (unpaired) electrons. The number of aromatic amines is 1. The molecule has 0 aliphatic heterocycles. The van der Waals surface area contributed by atoms with Crippen LogP contribution in [0.1, 0.15) is 18.4 Å². The zero-order valence-corrected chi connectivity index (χ0v) is 18.3. The Hall–Kier alpha value is -3.92. The second-order valence-corrected chi connectivity index (χ2v) is 9.35. The molecule has 168 valence electrons. The Bertz CT molecular complexity index is 1400. The van der Waals surface area contributed by atoms with Crippen molar-refractivity contribution in [2.24, 2.45) is 5.92 Å². The summed E-state index contributed by atoms with van der Waals surface area (Å²) in [4.78, 5) is 23.2. The first kappa shape index (κ1) is 21.0. The van der Waals surface area contributed by atoms with E-state index in [-0.39, 0.29) is 22.5 Å². The van der Waals surface area contributed by atoms with E-state index in [1.165, 1.54) is 24.3 Å². The molecular weight excluding hydrogens is 442 g/mol. The molecule has 0 bridgehead atoms. The van der Waals surface area contributed by atoms with Gasteiger partial charge in [-0.15, -0.1) is 0 Å². The number of carbonyl (C=O) groups is 1. The zero-order chi connectivity index (χ0) is 22.8. The largest absolute Gasteiger partial charge is 0.381 e. The lowest BCUT2D eigenvalue weighted by Crippen LogP contribution is -2.14. The van der Waals surface area contributed by atoms with E-state index >= 15 is 0 Å². The van der Waals surface area contributed by atoms with Crippen molar-refractivity contribution in [3.8, 4) is 5.75 Å². The van der Waals surface area contributed by atoms with Gasteiger partial charge in [-0.05, 0) is 66.9 Å². The minimum Gasteiger partial charge on any atom is -0.381 e. The highest BCUT2D eigenvalue weighted by Gasteiger charge is 2.30. The van der Waals surface area contributed by atoms with E-state index in [1.54, 1.807) is 30.6 Å². The predicted octanol–water partition coefficient (Wildman–Crippen LogP) is 3.69. The van der Waals surface area contributed by atoms with Crippen LogP contribution in [0.4, 0.5) is 11.6 Å². The van der Waals surface area contributed by atoms with Crippen LogP contribution in [0.3, 0.4) is 0 Å². The molecule has 0 unspecified atom stereocenters. The summed E-state index contributed by atoms with van der Waals surface area (Å²) in [6.45, 7) is 0.596. The summed E-state index contributed by atoms with van der Waals surface area (Å²) in [7, 11) is -4.02. The molecule has 1 fully saturated rings. The van der Waals surface area contributed by atoms with Gasteiger partial charge in [0.1, 0.15) is 10.6 Å². The molecule has 3 N–H and O–H groups in total. The van der Waals surface area contributed by atoms with Gasteiger partial charge in [0.25, 0.3) is 0 Å². The van der Waals surface area contributed by atoms with Gasteiger partial charge in [-0.2, -0.15) is 8.42 Å². The fraction of sp³-hybridized carbons (Fsp3) is 0.174. The van der Waals surface area contributed by atoms with E-state index in [0.717, 1.165) is 24.1 Å². The number of hydrogen-bond donors (Lipinski definition) is 3. The van der Waals surface area contributed by atoms with Gasteiger partial charge in [0.05, 0.1) is 11.0 Å². The Labute approximate surface area is 190 Å². The number of fused-ring (bicyclic) bond motifs is 1. The van der Waals surface area contributed by atoms with Crippen molar-refractivity contribution in [3.05, 3.63) is 72.6 Å². The van der Waals surface area contributed by atoms with Gasteiger partial charge >= 0.3 is 10.1 Å². The van der Waals surface area contributed by atoms with Crippen LogP contribution in [0.5, 0.6) is 5.75 Å². The standard InChI is InChI=1S/C23H21N5O4S/c29-22(16-1-2-16)28-23-26-20-8-5-18(13-21(20)27-23)32-33(30,31)19-6-3-17(4-7-19)25-14-15-9-11-24-12-10-15/h3-13,16,25H,1-2,14H2,(H2,26,27,28,29). The first-order chi connectivity index (χ1) is 16.0. The molecule has 4 aromatic rings. The Kier molecular flexibility index (Phi) is 5.43. The Balaban J connectivity index is 1.26. The number of carbonyl (C=O) groups excluding carboxylic acids is 1. The first-order valence-electron chi connectivity index (χ1n) is 10.4. The Morgan fingerprint density at radius 3 is 2.55 bits per heavy atom. The van der Waals surface area contributed by atoms with Gasteiger partial charge in [-0.25, -0.2) is 4.98 Å². The van der Waals surface area contributed by atoms with Crippen molar-refractivity contribution in [2.45, 2.75) is 24.3 Å². The highest BCUT2D eigenvalue weighted by atomic mass is 32.2. The van der Waals surface area contributed by atoms with E-state index < -0.39 is 10.1 Å². The van der Waals surface area contributed by atoms with Gasteiger partial charge in [0, 0.05) is 36.6 Å². The van der Waals surface area contributed by atoms with Crippen molar-refractivity contribution < 1.29 is 17.4 Å². The quantitative estimate of drug-likeness (QED) is 0.340. The van der Waals surface area contributed by atoms with Gasteiger partial charge < -0.3 is 14.5 Å². The number of amides is 1. The lowest BCUT2D eigenvalue weighted by Gasteiger charge is -2.09. The molecule has 2 aromatic carbocycles. The lowest BCUT2D eigenvalue weighted by atomic mass is 10.2. The molecule has 10 heteroatoms. The molecule has 1 aliphatic carbocycles. The van der Waals surface area contributed by atoms with Crippen molar-refractivity contribution in [1.29, 1.82) is 0 Å². The molecule has 33 heavy (non-hydrogen) atoms. The normalized spacial score (nSPS) is 13.6. The number of benzene rings is 2. The number of nitrogens with zero attached hydrogens (tertiary/aromatic N) is 2. The number of imidazole rings is 1. The van der Waals surface area contributed by atoms with E-state index in [9.17, 15) is 13.2 Å². The lowest BCUT2D eigenvalue weighted by molar-refractivity contribution is -0.117. The van der Waals surface area contributed by atoms with E-state index in [4.69, 9.17) is 4.18 Å². The van der Waals surface area contributed by atoms with Crippen LogP contribution in [0, 0.1) is 5.92 Å². The predicted molar refractivity (Wildman–Crippen MR) is 123 cm³/mol. The molecule has 2 aromatic heterocycles. The van der Waals surface area contributed by atoms with E-state index in [0.29, 0.717) is 23.5 Å². The van der Waals surface area contributed by atoms with Crippen molar-refractivity contribution in [3.63, 3.8) is 0 Å². The van der Waals surface area contributed by atoms with Crippen molar-refractivity contribution in [1.82, 2.24) is 15.0 Å². The summed E-state index contributed by atoms with van der Waals surface area (Å²) in [6, 6.07) is 14.9. The van der Waals surface area contributed by atoms with Gasteiger partial charge in [-0.1, -0.05) is 0 Å². The second kappa shape index (κ2) is 8.55. The van der Waals surface area contributed by atoms with Crippen LogP contribution in [-0.4, -0.2) is 29.3 Å². The molecule has 0 spiro atoms.